The molecule has 0 radical (unpaired) electrons. The molecule has 2 amide bonds. The predicted molar refractivity (Wildman–Crippen MR) is 135 cm³/mol. The van der Waals surface area contributed by atoms with Gasteiger partial charge in [-0.25, -0.2) is 9.07 Å². The van der Waals surface area contributed by atoms with Crippen molar-refractivity contribution in [2.24, 2.45) is 0 Å². The van der Waals surface area contributed by atoms with E-state index in [1.165, 1.54) is 22.8 Å². The van der Waals surface area contributed by atoms with Crippen molar-refractivity contribution in [3.8, 4) is 0 Å². The lowest BCUT2D eigenvalue weighted by atomic mass is 10.0. The second-order valence-corrected chi connectivity index (χ2v) is 8.53. The van der Waals surface area contributed by atoms with E-state index in [1.54, 1.807) is 37.3 Å². The third-order valence-electron chi connectivity index (χ3n) is 5.91. The number of benzene rings is 3. The number of methoxy groups -OCH3 is 1. The summed E-state index contributed by atoms with van der Waals surface area (Å²) in [5.41, 5.74) is 3.62. The summed E-state index contributed by atoms with van der Waals surface area (Å²) in [7, 11) is 1.54. The van der Waals surface area contributed by atoms with Crippen LogP contribution in [0.2, 0.25) is 0 Å². The Bertz CT molecular complexity index is 1370. The molecule has 0 aliphatic carbocycles. The number of aryl methyl sites for hydroxylation is 2. The van der Waals surface area contributed by atoms with Gasteiger partial charge >= 0.3 is 0 Å². The van der Waals surface area contributed by atoms with Crippen LogP contribution in [0.15, 0.2) is 66.7 Å². The minimum atomic E-state index is -1.05. The quantitative estimate of drug-likeness (QED) is 0.362. The molecule has 4 rings (SSSR count). The number of nitrogens with one attached hydrogen (secondary N) is 1. The SMILES string of the molecule is COCCNC(=O)C(c1ccc(C)cc1)N(C(=O)Cn1nnc2ccccc21)c1ccc(C)c(F)c1. The molecular formula is C27H28FN5O3. The molecule has 1 unspecified atom stereocenters. The highest BCUT2D eigenvalue weighted by atomic mass is 19.1. The van der Waals surface area contributed by atoms with E-state index >= 15 is 0 Å². The minimum Gasteiger partial charge on any atom is -0.383 e. The van der Waals surface area contributed by atoms with E-state index < -0.39 is 23.7 Å². The molecule has 0 saturated carbocycles. The highest BCUT2D eigenvalue weighted by molar-refractivity contribution is 6.01. The third kappa shape index (κ3) is 5.41. The molecule has 4 aromatic rings. The molecule has 36 heavy (non-hydrogen) atoms. The predicted octanol–water partition coefficient (Wildman–Crippen LogP) is 3.72. The van der Waals surface area contributed by atoms with Crippen LogP contribution in [0.1, 0.15) is 22.7 Å². The van der Waals surface area contributed by atoms with Gasteiger partial charge in [-0.05, 0) is 49.2 Å². The molecule has 1 N–H and O–H groups in total. The summed E-state index contributed by atoms with van der Waals surface area (Å²) >= 11 is 0. The zero-order valence-electron chi connectivity index (χ0n) is 20.4. The van der Waals surface area contributed by atoms with Gasteiger partial charge in [-0.1, -0.05) is 53.2 Å². The summed E-state index contributed by atoms with van der Waals surface area (Å²) in [4.78, 5) is 28.7. The van der Waals surface area contributed by atoms with Crippen molar-refractivity contribution in [1.82, 2.24) is 20.3 Å². The summed E-state index contributed by atoms with van der Waals surface area (Å²) in [6.45, 7) is 3.96. The first-order valence-electron chi connectivity index (χ1n) is 11.6. The van der Waals surface area contributed by atoms with Crippen molar-refractivity contribution in [2.75, 3.05) is 25.2 Å². The van der Waals surface area contributed by atoms with E-state index in [2.05, 4.69) is 15.6 Å². The van der Waals surface area contributed by atoms with Crippen LogP contribution in [0.3, 0.4) is 0 Å². The number of amides is 2. The molecule has 9 heteroatoms. The number of hydrogen-bond acceptors (Lipinski definition) is 5. The van der Waals surface area contributed by atoms with E-state index in [-0.39, 0.29) is 18.8 Å². The number of anilines is 1. The summed E-state index contributed by atoms with van der Waals surface area (Å²) in [6, 6.07) is 18.1. The van der Waals surface area contributed by atoms with Crippen molar-refractivity contribution in [3.05, 3.63) is 89.2 Å². The summed E-state index contributed by atoms with van der Waals surface area (Å²) in [5.74, 6) is -1.32. The molecule has 1 heterocycles. The van der Waals surface area contributed by atoms with Crippen molar-refractivity contribution in [1.29, 1.82) is 0 Å². The van der Waals surface area contributed by atoms with Gasteiger partial charge in [0, 0.05) is 19.3 Å². The Morgan fingerprint density at radius 3 is 2.56 bits per heavy atom. The average molecular weight is 490 g/mol. The van der Waals surface area contributed by atoms with E-state index in [4.69, 9.17) is 4.74 Å². The number of ether oxygens (including phenoxy) is 1. The van der Waals surface area contributed by atoms with Gasteiger partial charge in [-0.15, -0.1) is 5.10 Å². The normalized spacial score (nSPS) is 11.9. The summed E-state index contributed by atoms with van der Waals surface area (Å²) < 4.78 is 21.2. The fourth-order valence-electron chi connectivity index (χ4n) is 3.95. The zero-order chi connectivity index (χ0) is 25.7. The first-order valence-corrected chi connectivity index (χ1v) is 11.6. The number of aromatic nitrogens is 3. The largest absolute Gasteiger partial charge is 0.383 e. The van der Waals surface area contributed by atoms with Gasteiger partial charge in [0.05, 0.1) is 12.1 Å². The first-order chi connectivity index (χ1) is 17.4. The molecule has 0 spiro atoms. The van der Waals surface area contributed by atoms with Crippen LogP contribution in [0.4, 0.5) is 10.1 Å². The molecule has 186 valence electrons. The van der Waals surface area contributed by atoms with Crippen LogP contribution in [0, 0.1) is 19.7 Å². The van der Waals surface area contributed by atoms with E-state index in [0.29, 0.717) is 28.8 Å². The topological polar surface area (TPSA) is 89.4 Å². The lowest BCUT2D eigenvalue weighted by Gasteiger charge is -2.32. The Morgan fingerprint density at radius 2 is 1.83 bits per heavy atom. The Labute approximate surface area is 208 Å². The van der Waals surface area contributed by atoms with Crippen LogP contribution in [-0.4, -0.2) is 47.1 Å². The third-order valence-corrected chi connectivity index (χ3v) is 5.91. The molecule has 0 aliphatic heterocycles. The standard InChI is InChI=1S/C27H28FN5O3/c1-18-8-11-20(12-9-18)26(27(35)29-14-15-36-3)33(21-13-10-19(2)22(28)16-21)25(34)17-32-24-7-5-4-6-23(24)30-31-32/h4-13,16,26H,14-15,17H2,1-3H3,(H,29,35). The Morgan fingerprint density at radius 1 is 1.08 bits per heavy atom. The molecule has 1 atom stereocenters. The molecule has 0 saturated heterocycles. The zero-order valence-corrected chi connectivity index (χ0v) is 20.4. The van der Waals surface area contributed by atoms with Gasteiger partial charge < -0.3 is 10.1 Å². The number of rotatable bonds is 9. The highest BCUT2D eigenvalue weighted by Crippen LogP contribution is 2.30. The summed E-state index contributed by atoms with van der Waals surface area (Å²) in [6.07, 6.45) is 0. The van der Waals surface area contributed by atoms with E-state index in [0.717, 1.165) is 5.56 Å². The number of halogens is 1. The first kappa shape index (κ1) is 25.0. The minimum absolute atomic E-state index is 0.191. The fraction of sp³-hybridized carbons (Fsp3) is 0.259. The van der Waals surface area contributed by atoms with Crippen molar-refractivity contribution < 1.29 is 18.7 Å². The van der Waals surface area contributed by atoms with Gasteiger partial charge in [0.25, 0.3) is 0 Å². The smallest absolute Gasteiger partial charge is 0.249 e. The number of fused-ring (bicyclic) bond motifs is 1. The molecule has 3 aromatic carbocycles. The average Bonchev–Trinajstić information content (AvgIpc) is 3.27. The van der Waals surface area contributed by atoms with Crippen LogP contribution in [-0.2, 0) is 20.9 Å². The van der Waals surface area contributed by atoms with Gasteiger partial charge in [-0.3, -0.25) is 14.5 Å². The fourth-order valence-corrected chi connectivity index (χ4v) is 3.95. The molecular weight excluding hydrogens is 461 g/mol. The van der Waals surface area contributed by atoms with Gasteiger partial charge in [0.15, 0.2) is 0 Å². The van der Waals surface area contributed by atoms with E-state index in [1.807, 2.05) is 37.3 Å². The number of carbonyl (C=O) groups excluding carboxylic acids is 2. The molecule has 0 aliphatic rings. The van der Waals surface area contributed by atoms with Crippen molar-refractivity contribution in [3.63, 3.8) is 0 Å². The van der Waals surface area contributed by atoms with Crippen molar-refractivity contribution in [2.45, 2.75) is 26.4 Å². The van der Waals surface area contributed by atoms with Crippen LogP contribution < -0.4 is 10.2 Å². The summed E-state index contributed by atoms with van der Waals surface area (Å²) in [5, 5.41) is 11.1. The van der Waals surface area contributed by atoms with Gasteiger partial charge in [0.2, 0.25) is 11.8 Å². The Kier molecular flexibility index (Phi) is 7.70. The maximum absolute atomic E-state index is 14.7. The van der Waals surface area contributed by atoms with Crippen LogP contribution >= 0.6 is 0 Å². The van der Waals surface area contributed by atoms with Gasteiger partial charge in [0.1, 0.15) is 23.9 Å². The molecule has 1 aromatic heterocycles. The number of para-hydroxylation sites is 1. The number of hydrogen-bond donors (Lipinski definition) is 1. The molecule has 8 nitrogen and oxygen atoms in total. The maximum atomic E-state index is 14.7. The molecule has 0 fully saturated rings. The van der Waals surface area contributed by atoms with Crippen LogP contribution in [0.25, 0.3) is 11.0 Å². The van der Waals surface area contributed by atoms with Crippen LogP contribution in [0.5, 0.6) is 0 Å². The van der Waals surface area contributed by atoms with Crippen molar-refractivity contribution >= 4 is 28.5 Å². The van der Waals surface area contributed by atoms with Gasteiger partial charge in [-0.2, -0.15) is 0 Å². The Hall–Kier alpha value is -4.11. The Balaban J connectivity index is 1.79. The lowest BCUT2D eigenvalue weighted by Crippen LogP contribution is -2.46. The molecule has 0 bridgehead atoms. The number of nitrogens with zero attached hydrogens (tertiary/aromatic N) is 4. The number of carbonyl (C=O) groups is 2. The maximum Gasteiger partial charge on any atom is 0.249 e. The van der Waals surface area contributed by atoms with E-state index in [9.17, 15) is 14.0 Å². The lowest BCUT2D eigenvalue weighted by molar-refractivity contribution is -0.127. The second-order valence-electron chi connectivity index (χ2n) is 8.53. The monoisotopic (exact) mass is 489 g/mol. The highest BCUT2D eigenvalue weighted by Gasteiger charge is 2.33. The second kappa shape index (κ2) is 11.1.